The van der Waals surface area contributed by atoms with Crippen LogP contribution in [0.25, 0.3) is 22.6 Å². The molecule has 0 fully saturated rings. The molecule has 0 saturated heterocycles. The van der Waals surface area contributed by atoms with Gasteiger partial charge in [0.15, 0.2) is 11.4 Å². The molecule has 0 saturated carbocycles. The minimum absolute atomic E-state index is 0.136. The van der Waals surface area contributed by atoms with Gasteiger partial charge < -0.3 is 15.9 Å². The minimum atomic E-state index is -0.136. The number of para-hydroxylation sites is 2. The summed E-state index contributed by atoms with van der Waals surface area (Å²) < 4.78 is 5.68. The van der Waals surface area contributed by atoms with Crippen molar-refractivity contribution in [2.45, 2.75) is 6.42 Å². The van der Waals surface area contributed by atoms with Crippen molar-refractivity contribution >= 4 is 34.2 Å². The van der Waals surface area contributed by atoms with Crippen LogP contribution < -0.4 is 11.5 Å². The molecule has 0 atom stereocenters. The monoisotopic (exact) mass is 315 g/mol. The number of benzene rings is 2. The van der Waals surface area contributed by atoms with E-state index in [2.05, 4.69) is 4.98 Å². The van der Waals surface area contributed by atoms with Crippen molar-refractivity contribution in [3.05, 3.63) is 47.0 Å². The molecular formula is C16H14ClN3O2. The van der Waals surface area contributed by atoms with E-state index in [9.17, 15) is 4.79 Å². The van der Waals surface area contributed by atoms with Gasteiger partial charge in [0.05, 0.1) is 10.6 Å². The molecule has 22 heavy (non-hydrogen) atoms. The van der Waals surface area contributed by atoms with E-state index in [1.807, 2.05) is 24.3 Å². The molecule has 5 nitrogen and oxygen atoms in total. The van der Waals surface area contributed by atoms with Gasteiger partial charge in [-0.25, -0.2) is 4.98 Å². The zero-order valence-corrected chi connectivity index (χ0v) is 12.4. The van der Waals surface area contributed by atoms with E-state index < -0.39 is 0 Å². The summed E-state index contributed by atoms with van der Waals surface area (Å²) >= 11 is 6.19. The minimum Gasteiger partial charge on any atom is -0.436 e. The van der Waals surface area contributed by atoms with E-state index in [1.165, 1.54) is 0 Å². The molecule has 0 aliphatic carbocycles. The molecule has 0 radical (unpaired) electrons. The van der Waals surface area contributed by atoms with Crippen LogP contribution in [0.2, 0.25) is 5.02 Å². The van der Waals surface area contributed by atoms with Gasteiger partial charge >= 0.3 is 0 Å². The quantitative estimate of drug-likeness (QED) is 0.569. The number of ketones is 1. The van der Waals surface area contributed by atoms with Crippen molar-refractivity contribution in [2.75, 3.05) is 12.3 Å². The molecule has 3 rings (SSSR count). The highest BCUT2D eigenvalue weighted by molar-refractivity contribution is 6.34. The van der Waals surface area contributed by atoms with Crippen LogP contribution in [0.3, 0.4) is 0 Å². The molecular weight excluding hydrogens is 302 g/mol. The molecule has 1 heterocycles. The Balaban J connectivity index is 2.08. The Morgan fingerprint density at radius 3 is 2.77 bits per heavy atom. The SMILES string of the molecule is NCCC(=O)c1cc(N)c(-c2nc3ccccc3o2)cc1Cl. The summed E-state index contributed by atoms with van der Waals surface area (Å²) in [6, 6.07) is 10.6. The normalized spacial score (nSPS) is 11.0. The average molecular weight is 316 g/mol. The standard InChI is InChI=1S/C16H14ClN3O2/c17-11-7-10(12(19)8-9(11)14(21)5-6-18)16-20-13-3-1-2-4-15(13)22-16/h1-4,7-8H,5-6,18-19H2. The molecule has 0 aliphatic rings. The van der Waals surface area contributed by atoms with Crippen LogP contribution in [-0.4, -0.2) is 17.3 Å². The van der Waals surface area contributed by atoms with Crippen LogP contribution in [0.5, 0.6) is 0 Å². The second-order valence-electron chi connectivity index (χ2n) is 4.87. The number of oxazole rings is 1. The molecule has 2 aromatic carbocycles. The number of hydrogen-bond donors (Lipinski definition) is 2. The summed E-state index contributed by atoms with van der Waals surface area (Å²) in [5, 5.41) is 0.310. The number of halogens is 1. The second kappa shape index (κ2) is 5.79. The average Bonchev–Trinajstić information content (AvgIpc) is 2.93. The van der Waals surface area contributed by atoms with E-state index in [4.69, 9.17) is 27.5 Å². The van der Waals surface area contributed by atoms with E-state index in [-0.39, 0.29) is 18.7 Å². The number of nitrogens with zero attached hydrogens (tertiary/aromatic N) is 1. The first-order valence-corrected chi connectivity index (χ1v) is 7.16. The van der Waals surface area contributed by atoms with Gasteiger partial charge in [-0.15, -0.1) is 0 Å². The Kier molecular flexibility index (Phi) is 3.83. The number of aromatic nitrogens is 1. The predicted octanol–water partition coefficient (Wildman–Crippen LogP) is 3.26. The number of nitrogens with two attached hydrogens (primary N) is 2. The zero-order chi connectivity index (χ0) is 15.7. The fourth-order valence-corrected chi connectivity index (χ4v) is 2.51. The Labute approximate surface area is 131 Å². The zero-order valence-electron chi connectivity index (χ0n) is 11.7. The summed E-state index contributed by atoms with van der Waals surface area (Å²) in [5.41, 5.74) is 14.1. The molecule has 0 unspecified atom stereocenters. The largest absolute Gasteiger partial charge is 0.436 e. The fraction of sp³-hybridized carbons (Fsp3) is 0.125. The van der Waals surface area contributed by atoms with Crippen LogP contribution in [0.15, 0.2) is 40.8 Å². The summed E-state index contributed by atoms with van der Waals surface area (Å²) in [6.07, 6.45) is 0.224. The maximum atomic E-state index is 11.9. The van der Waals surface area contributed by atoms with Crippen molar-refractivity contribution in [1.82, 2.24) is 4.98 Å². The fourth-order valence-electron chi connectivity index (χ4n) is 2.24. The number of rotatable bonds is 4. The topological polar surface area (TPSA) is 95.1 Å². The smallest absolute Gasteiger partial charge is 0.229 e. The first-order valence-electron chi connectivity index (χ1n) is 6.78. The highest BCUT2D eigenvalue weighted by Gasteiger charge is 2.17. The lowest BCUT2D eigenvalue weighted by Crippen LogP contribution is -2.09. The van der Waals surface area contributed by atoms with E-state index in [0.29, 0.717) is 33.3 Å². The number of nitrogen functional groups attached to an aromatic ring is 1. The van der Waals surface area contributed by atoms with Crippen molar-refractivity contribution in [1.29, 1.82) is 0 Å². The van der Waals surface area contributed by atoms with Gasteiger partial charge in [-0.2, -0.15) is 0 Å². The van der Waals surface area contributed by atoms with E-state index in [1.54, 1.807) is 12.1 Å². The van der Waals surface area contributed by atoms with Crippen LogP contribution in [0.4, 0.5) is 5.69 Å². The Morgan fingerprint density at radius 1 is 1.27 bits per heavy atom. The summed E-state index contributed by atoms with van der Waals surface area (Å²) in [6.45, 7) is 0.266. The first-order chi connectivity index (χ1) is 10.6. The molecule has 112 valence electrons. The number of fused-ring (bicyclic) bond motifs is 1. The van der Waals surface area contributed by atoms with Crippen molar-refractivity contribution in [2.24, 2.45) is 5.73 Å². The van der Waals surface area contributed by atoms with Crippen LogP contribution in [0.1, 0.15) is 16.8 Å². The van der Waals surface area contributed by atoms with Gasteiger partial charge in [0.1, 0.15) is 5.52 Å². The molecule has 0 aliphatic heterocycles. The molecule has 3 aromatic rings. The Hall–Kier alpha value is -2.37. The van der Waals surface area contributed by atoms with E-state index >= 15 is 0 Å². The predicted molar refractivity (Wildman–Crippen MR) is 86.9 cm³/mol. The van der Waals surface area contributed by atoms with Gasteiger partial charge in [-0.3, -0.25) is 4.79 Å². The third-order valence-electron chi connectivity index (χ3n) is 3.34. The highest BCUT2D eigenvalue weighted by Crippen LogP contribution is 2.33. The van der Waals surface area contributed by atoms with Crippen LogP contribution in [-0.2, 0) is 0 Å². The lowest BCUT2D eigenvalue weighted by Gasteiger charge is -2.07. The summed E-state index contributed by atoms with van der Waals surface area (Å²) in [4.78, 5) is 16.3. The molecule has 6 heteroatoms. The van der Waals surface area contributed by atoms with Crippen LogP contribution in [0, 0.1) is 0 Å². The van der Waals surface area contributed by atoms with Gasteiger partial charge in [-0.05, 0) is 30.8 Å². The van der Waals surface area contributed by atoms with Gasteiger partial charge in [0, 0.05) is 17.7 Å². The Morgan fingerprint density at radius 2 is 2.05 bits per heavy atom. The van der Waals surface area contributed by atoms with Crippen molar-refractivity contribution < 1.29 is 9.21 Å². The summed E-state index contributed by atoms with van der Waals surface area (Å²) in [5.74, 6) is 0.238. The summed E-state index contributed by atoms with van der Waals surface area (Å²) in [7, 11) is 0. The third-order valence-corrected chi connectivity index (χ3v) is 3.65. The molecule has 0 bridgehead atoms. The second-order valence-corrected chi connectivity index (χ2v) is 5.28. The van der Waals surface area contributed by atoms with E-state index in [0.717, 1.165) is 5.52 Å². The third kappa shape index (κ3) is 2.56. The van der Waals surface area contributed by atoms with Crippen molar-refractivity contribution in [3.8, 4) is 11.5 Å². The van der Waals surface area contributed by atoms with Crippen LogP contribution >= 0.6 is 11.6 Å². The number of carbonyl (C=O) groups excluding carboxylic acids is 1. The maximum Gasteiger partial charge on any atom is 0.229 e. The molecule has 1 aromatic heterocycles. The molecule has 0 spiro atoms. The van der Waals surface area contributed by atoms with Gasteiger partial charge in [0.25, 0.3) is 0 Å². The lowest BCUT2D eigenvalue weighted by atomic mass is 10.0. The number of hydrogen-bond acceptors (Lipinski definition) is 5. The molecule has 0 amide bonds. The van der Waals surface area contributed by atoms with Gasteiger partial charge in [-0.1, -0.05) is 23.7 Å². The molecule has 4 N–H and O–H groups in total. The maximum absolute atomic E-state index is 11.9. The van der Waals surface area contributed by atoms with Gasteiger partial charge in [0.2, 0.25) is 5.89 Å². The Bertz CT molecular complexity index is 825. The first kappa shape index (κ1) is 14.6. The number of anilines is 1. The van der Waals surface area contributed by atoms with Crippen molar-refractivity contribution in [3.63, 3.8) is 0 Å². The number of Topliss-reactive ketones (excluding diaryl/α,β-unsaturated/α-hetero) is 1. The number of carbonyl (C=O) groups is 1. The lowest BCUT2D eigenvalue weighted by molar-refractivity contribution is 0.0985. The highest BCUT2D eigenvalue weighted by atomic mass is 35.5.